The molecule has 2 saturated heterocycles. The zero-order valence-electron chi connectivity index (χ0n) is 14.3. The number of rotatable bonds is 5. The second-order valence-electron chi connectivity index (χ2n) is 6.61. The molecule has 4 nitrogen and oxygen atoms in total. The summed E-state index contributed by atoms with van der Waals surface area (Å²) in [7, 11) is 1.66. The molecule has 1 aromatic rings. The second kappa shape index (κ2) is 7.29. The Labute approximate surface area is 144 Å². The fraction of sp³-hybridized carbons (Fsp3) is 0.667. The van der Waals surface area contributed by atoms with Gasteiger partial charge >= 0.3 is 0 Å². The molecule has 1 aromatic carbocycles. The van der Waals surface area contributed by atoms with Crippen molar-refractivity contribution in [2.75, 3.05) is 33.4 Å². The molecule has 2 aliphatic heterocycles. The van der Waals surface area contributed by atoms with E-state index in [2.05, 4.69) is 22.8 Å². The Morgan fingerprint density at radius 3 is 2.87 bits per heavy atom. The van der Waals surface area contributed by atoms with Crippen LogP contribution in [0.2, 0.25) is 5.02 Å². The van der Waals surface area contributed by atoms with Crippen molar-refractivity contribution in [1.29, 1.82) is 0 Å². The third kappa shape index (κ3) is 3.59. The van der Waals surface area contributed by atoms with Crippen molar-refractivity contribution in [3.05, 3.63) is 22.7 Å². The molecule has 0 unspecified atom stereocenters. The molecule has 0 saturated carbocycles. The molecule has 5 heteroatoms. The Bertz CT molecular complexity index is 552. The fourth-order valence-electron chi connectivity index (χ4n) is 3.85. The summed E-state index contributed by atoms with van der Waals surface area (Å²) in [5.74, 6) is 1.37. The molecule has 3 rings (SSSR count). The van der Waals surface area contributed by atoms with Crippen molar-refractivity contribution >= 4 is 11.6 Å². The van der Waals surface area contributed by atoms with Crippen LogP contribution in [-0.4, -0.2) is 55.2 Å². The number of benzene rings is 1. The highest BCUT2D eigenvalue weighted by Gasteiger charge is 2.34. The predicted octanol–water partition coefficient (Wildman–Crippen LogP) is 3.42. The van der Waals surface area contributed by atoms with E-state index in [4.69, 9.17) is 21.1 Å². The number of nitrogens with zero attached hydrogens (tertiary/aromatic N) is 2. The normalized spacial score (nSPS) is 25.4. The van der Waals surface area contributed by atoms with E-state index in [1.807, 2.05) is 13.0 Å². The summed E-state index contributed by atoms with van der Waals surface area (Å²) in [5.41, 5.74) is 1.19. The third-order valence-corrected chi connectivity index (χ3v) is 5.31. The minimum Gasteiger partial charge on any atom is -0.493 e. The van der Waals surface area contributed by atoms with Gasteiger partial charge in [-0.1, -0.05) is 11.6 Å². The summed E-state index contributed by atoms with van der Waals surface area (Å²) in [5, 5.41) is 0.633. The Kier molecular flexibility index (Phi) is 5.34. The molecule has 23 heavy (non-hydrogen) atoms. The van der Waals surface area contributed by atoms with Crippen LogP contribution in [0.25, 0.3) is 0 Å². The molecule has 0 N–H and O–H groups in total. The van der Waals surface area contributed by atoms with Crippen molar-refractivity contribution in [1.82, 2.24) is 9.80 Å². The van der Waals surface area contributed by atoms with Crippen LogP contribution in [0.5, 0.6) is 11.5 Å². The van der Waals surface area contributed by atoms with Crippen molar-refractivity contribution in [2.45, 2.75) is 45.3 Å². The lowest BCUT2D eigenvalue weighted by molar-refractivity contribution is 0.0540. The summed E-state index contributed by atoms with van der Waals surface area (Å²) in [6, 6.07) is 5.37. The molecule has 0 radical (unpaired) electrons. The number of hydrogen-bond donors (Lipinski definition) is 0. The molecule has 0 amide bonds. The van der Waals surface area contributed by atoms with Gasteiger partial charge in [-0.25, -0.2) is 0 Å². The van der Waals surface area contributed by atoms with E-state index in [0.717, 1.165) is 24.9 Å². The molecule has 2 atom stereocenters. The summed E-state index contributed by atoms with van der Waals surface area (Å²) < 4.78 is 11.1. The highest BCUT2D eigenvalue weighted by atomic mass is 35.5. The van der Waals surface area contributed by atoms with Gasteiger partial charge in [-0.05, 0) is 50.9 Å². The topological polar surface area (TPSA) is 24.9 Å². The maximum absolute atomic E-state index is 6.40. The lowest BCUT2D eigenvalue weighted by atomic mass is 10.1. The average Bonchev–Trinajstić information content (AvgIpc) is 2.97. The maximum atomic E-state index is 6.40. The molecule has 0 aliphatic carbocycles. The SMILES string of the molecule is CCOc1c(Cl)cc(CN2C[C@H]3CCCN3C[C@@H]2C)cc1OC. The average molecular weight is 339 g/mol. The second-order valence-corrected chi connectivity index (χ2v) is 7.02. The van der Waals surface area contributed by atoms with Crippen molar-refractivity contribution in [3.8, 4) is 11.5 Å². The lowest BCUT2D eigenvalue weighted by Gasteiger charge is -2.42. The van der Waals surface area contributed by atoms with Gasteiger partial charge in [0.25, 0.3) is 0 Å². The lowest BCUT2D eigenvalue weighted by Crippen LogP contribution is -2.54. The molecule has 2 heterocycles. The quantitative estimate of drug-likeness (QED) is 0.821. The van der Waals surface area contributed by atoms with Gasteiger partial charge in [-0.3, -0.25) is 9.80 Å². The van der Waals surface area contributed by atoms with Crippen LogP contribution >= 0.6 is 11.6 Å². The number of hydrogen-bond acceptors (Lipinski definition) is 4. The summed E-state index contributed by atoms with van der Waals surface area (Å²) in [6.45, 7) is 9.35. The van der Waals surface area contributed by atoms with E-state index < -0.39 is 0 Å². The van der Waals surface area contributed by atoms with Gasteiger partial charge in [-0.2, -0.15) is 0 Å². The Balaban J connectivity index is 1.75. The van der Waals surface area contributed by atoms with Crippen molar-refractivity contribution in [3.63, 3.8) is 0 Å². The smallest absolute Gasteiger partial charge is 0.179 e. The molecule has 128 valence electrons. The molecule has 0 aromatic heterocycles. The van der Waals surface area contributed by atoms with Gasteiger partial charge in [0, 0.05) is 31.7 Å². The Morgan fingerprint density at radius 2 is 2.13 bits per heavy atom. The van der Waals surface area contributed by atoms with E-state index >= 15 is 0 Å². The van der Waals surface area contributed by atoms with E-state index in [-0.39, 0.29) is 0 Å². The maximum Gasteiger partial charge on any atom is 0.179 e. The highest BCUT2D eigenvalue weighted by Crippen LogP contribution is 2.37. The number of methoxy groups -OCH3 is 1. The fourth-order valence-corrected chi connectivity index (χ4v) is 4.14. The van der Waals surface area contributed by atoms with Gasteiger partial charge in [-0.15, -0.1) is 0 Å². The minimum atomic E-state index is 0.570. The first-order valence-corrected chi connectivity index (χ1v) is 8.97. The first-order valence-electron chi connectivity index (χ1n) is 8.59. The zero-order valence-corrected chi connectivity index (χ0v) is 15.1. The van der Waals surface area contributed by atoms with Crippen LogP contribution in [-0.2, 0) is 6.54 Å². The Morgan fingerprint density at radius 1 is 1.30 bits per heavy atom. The van der Waals surface area contributed by atoms with Crippen LogP contribution in [0.1, 0.15) is 32.3 Å². The third-order valence-electron chi connectivity index (χ3n) is 5.03. The van der Waals surface area contributed by atoms with Gasteiger partial charge in [0.1, 0.15) is 0 Å². The van der Waals surface area contributed by atoms with Crippen molar-refractivity contribution < 1.29 is 9.47 Å². The first-order chi connectivity index (χ1) is 11.1. The zero-order chi connectivity index (χ0) is 16.4. The number of fused-ring (bicyclic) bond motifs is 1. The molecule has 0 bridgehead atoms. The van der Waals surface area contributed by atoms with Gasteiger partial charge < -0.3 is 9.47 Å². The van der Waals surface area contributed by atoms with E-state index in [1.54, 1.807) is 7.11 Å². The molecular weight excluding hydrogens is 312 g/mol. The largest absolute Gasteiger partial charge is 0.493 e. The van der Waals surface area contributed by atoms with E-state index in [1.165, 1.54) is 31.5 Å². The standard InChI is InChI=1S/C18H27ClN2O2/c1-4-23-18-16(19)8-14(9-17(18)22-3)11-21-12-15-6-5-7-20(15)10-13(21)2/h8-9,13,15H,4-7,10-12H2,1-3H3/t13-,15+/m0/s1. The van der Waals surface area contributed by atoms with Crippen LogP contribution < -0.4 is 9.47 Å². The van der Waals surface area contributed by atoms with Crippen LogP contribution in [0.15, 0.2) is 12.1 Å². The van der Waals surface area contributed by atoms with Crippen LogP contribution in [0.3, 0.4) is 0 Å². The molecule has 0 spiro atoms. The molecule has 2 aliphatic rings. The Hall–Kier alpha value is -0.970. The van der Waals surface area contributed by atoms with Crippen LogP contribution in [0.4, 0.5) is 0 Å². The van der Waals surface area contributed by atoms with E-state index in [0.29, 0.717) is 23.4 Å². The van der Waals surface area contributed by atoms with Crippen LogP contribution in [0, 0.1) is 0 Å². The minimum absolute atomic E-state index is 0.570. The van der Waals surface area contributed by atoms with Gasteiger partial charge in [0.15, 0.2) is 11.5 Å². The highest BCUT2D eigenvalue weighted by molar-refractivity contribution is 6.32. The summed E-state index contributed by atoms with van der Waals surface area (Å²) in [6.07, 6.45) is 2.67. The summed E-state index contributed by atoms with van der Waals surface area (Å²) in [4.78, 5) is 5.21. The molecule has 2 fully saturated rings. The number of halogens is 1. The monoisotopic (exact) mass is 338 g/mol. The summed E-state index contributed by atoms with van der Waals surface area (Å²) >= 11 is 6.40. The first kappa shape index (κ1) is 16.9. The van der Waals surface area contributed by atoms with Crippen molar-refractivity contribution in [2.24, 2.45) is 0 Å². The van der Waals surface area contributed by atoms with Gasteiger partial charge in [0.05, 0.1) is 18.7 Å². The number of ether oxygens (including phenoxy) is 2. The molecular formula is C18H27ClN2O2. The predicted molar refractivity (Wildman–Crippen MR) is 93.6 cm³/mol. The van der Waals surface area contributed by atoms with E-state index in [9.17, 15) is 0 Å². The van der Waals surface area contributed by atoms with Gasteiger partial charge in [0.2, 0.25) is 0 Å². The number of piperazine rings is 1.